The normalized spacial score (nSPS) is 16.1. The molecule has 0 aliphatic heterocycles. The fourth-order valence-electron chi connectivity index (χ4n) is 3.16. The summed E-state index contributed by atoms with van der Waals surface area (Å²) in [5, 5.41) is 0. The Hall–Kier alpha value is -1.64. The summed E-state index contributed by atoms with van der Waals surface area (Å²) in [6.45, 7) is 0. The highest BCUT2D eigenvalue weighted by atomic mass is 19.2. The van der Waals surface area contributed by atoms with Gasteiger partial charge in [-0.1, -0.05) is 61.1 Å². The van der Waals surface area contributed by atoms with E-state index in [4.69, 9.17) is 7.85 Å². The summed E-state index contributed by atoms with van der Waals surface area (Å²) in [4.78, 5) is 0. The predicted molar refractivity (Wildman–Crippen MR) is 83.0 cm³/mol. The van der Waals surface area contributed by atoms with Crippen molar-refractivity contribution in [1.82, 2.24) is 0 Å². The van der Waals surface area contributed by atoms with Gasteiger partial charge in [0.15, 0.2) is 11.6 Å². The molecule has 0 atom stereocenters. The Balaban J connectivity index is 1.89. The number of hydrogen-bond donors (Lipinski definition) is 0. The summed E-state index contributed by atoms with van der Waals surface area (Å²) in [6.07, 6.45) is 6.34. The van der Waals surface area contributed by atoms with Crippen LogP contribution in [0.15, 0.2) is 36.4 Å². The van der Waals surface area contributed by atoms with E-state index in [2.05, 4.69) is 0 Å². The lowest BCUT2D eigenvalue weighted by Crippen LogP contribution is -2.11. The van der Waals surface area contributed by atoms with Crippen LogP contribution in [0, 0.1) is 11.6 Å². The summed E-state index contributed by atoms with van der Waals surface area (Å²) in [5.41, 5.74) is 2.09. The van der Waals surface area contributed by atoms with Gasteiger partial charge in [-0.2, -0.15) is 0 Å². The quantitative estimate of drug-likeness (QED) is 0.713. The SMILES string of the molecule is [B]c1ccc(-c2ccc(C3CCCCC3)cc2)c(F)c1F. The maximum atomic E-state index is 13.9. The zero-order valence-corrected chi connectivity index (χ0v) is 11.9. The molecule has 1 fully saturated rings. The van der Waals surface area contributed by atoms with Gasteiger partial charge >= 0.3 is 0 Å². The predicted octanol–water partition coefficient (Wildman–Crippen LogP) is 4.47. The number of hydrogen-bond acceptors (Lipinski definition) is 0. The maximum Gasteiger partial charge on any atom is 0.166 e. The molecular weight excluding hydrogens is 265 g/mol. The van der Waals surface area contributed by atoms with Crippen LogP contribution in [-0.2, 0) is 0 Å². The van der Waals surface area contributed by atoms with Crippen molar-refractivity contribution in [2.75, 3.05) is 0 Å². The molecule has 0 aromatic heterocycles. The van der Waals surface area contributed by atoms with Crippen molar-refractivity contribution in [1.29, 1.82) is 0 Å². The third-order valence-corrected chi connectivity index (χ3v) is 4.41. The molecule has 3 heteroatoms. The van der Waals surface area contributed by atoms with Crippen molar-refractivity contribution >= 4 is 13.3 Å². The van der Waals surface area contributed by atoms with Gasteiger partial charge in [0, 0.05) is 5.56 Å². The van der Waals surface area contributed by atoms with Crippen LogP contribution < -0.4 is 5.46 Å². The van der Waals surface area contributed by atoms with E-state index < -0.39 is 11.6 Å². The molecule has 0 nitrogen and oxygen atoms in total. The minimum absolute atomic E-state index is 0.157. The summed E-state index contributed by atoms with van der Waals surface area (Å²) in [7, 11) is 5.37. The summed E-state index contributed by atoms with van der Waals surface area (Å²) in [5.74, 6) is -1.23. The first-order valence-corrected chi connectivity index (χ1v) is 7.50. The van der Waals surface area contributed by atoms with Crippen LogP contribution in [0.5, 0.6) is 0 Å². The van der Waals surface area contributed by atoms with Gasteiger partial charge in [-0.3, -0.25) is 0 Å². The van der Waals surface area contributed by atoms with Crippen molar-refractivity contribution in [3.05, 3.63) is 53.6 Å². The second-order valence-corrected chi connectivity index (χ2v) is 5.79. The van der Waals surface area contributed by atoms with Gasteiger partial charge in [-0.25, -0.2) is 8.78 Å². The zero-order valence-electron chi connectivity index (χ0n) is 11.9. The molecule has 2 radical (unpaired) electrons. The molecule has 1 saturated carbocycles. The molecule has 2 aromatic carbocycles. The van der Waals surface area contributed by atoms with Crippen molar-refractivity contribution in [2.45, 2.75) is 38.0 Å². The number of rotatable bonds is 2. The molecule has 0 heterocycles. The fraction of sp³-hybridized carbons (Fsp3) is 0.333. The molecule has 0 unspecified atom stereocenters. The minimum Gasteiger partial charge on any atom is -0.204 e. The molecule has 0 amide bonds. The zero-order chi connectivity index (χ0) is 14.8. The van der Waals surface area contributed by atoms with E-state index in [-0.39, 0.29) is 11.0 Å². The van der Waals surface area contributed by atoms with Gasteiger partial charge in [0.05, 0.1) is 0 Å². The lowest BCUT2D eigenvalue weighted by Gasteiger charge is -2.22. The topological polar surface area (TPSA) is 0 Å². The first-order chi connectivity index (χ1) is 10.2. The first-order valence-electron chi connectivity index (χ1n) is 7.50. The highest BCUT2D eigenvalue weighted by Gasteiger charge is 2.16. The van der Waals surface area contributed by atoms with Crippen LogP contribution in [0.1, 0.15) is 43.6 Å². The van der Waals surface area contributed by atoms with Gasteiger partial charge in [0.25, 0.3) is 0 Å². The third-order valence-electron chi connectivity index (χ3n) is 4.41. The van der Waals surface area contributed by atoms with Crippen LogP contribution >= 0.6 is 0 Å². The summed E-state index contributed by atoms with van der Waals surface area (Å²) < 4.78 is 27.5. The van der Waals surface area contributed by atoms with Crippen molar-refractivity contribution in [2.24, 2.45) is 0 Å². The van der Waals surface area contributed by atoms with Gasteiger partial charge in [0.2, 0.25) is 0 Å². The van der Waals surface area contributed by atoms with E-state index in [1.165, 1.54) is 49.8 Å². The van der Waals surface area contributed by atoms with Gasteiger partial charge in [-0.05, 0) is 29.9 Å². The monoisotopic (exact) mass is 282 g/mol. The fourth-order valence-corrected chi connectivity index (χ4v) is 3.16. The van der Waals surface area contributed by atoms with Gasteiger partial charge in [-0.15, -0.1) is 0 Å². The van der Waals surface area contributed by atoms with Crippen LogP contribution in [0.25, 0.3) is 11.1 Å². The third kappa shape index (κ3) is 2.87. The summed E-state index contributed by atoms with van der Waals surface area (Å²) >= 11 is 0. The molecule has 0 N–H and O–H groups in total. The molecule has 1 aliphatic carbocycles. The van der Waals surface area contributed by atoms with Crippen LogP contribution in [0.2, 0.25) is 0 Å². The Morgan fingerprint density at radius 1 is 0.810 bits per heavy atom. The molecule has 0 bridgehead atoms. The van der Waals surface area contributed by atoms with E-state index in [0.717, 1.165) is 0 Å². The van der Waals surface area contributed by atoms with Gasteiger partial charge < -0.3 is 0 Å². The van der Waals surface area contributed by atoms with Crippen molar-refractivity contribution in [3.8, 4) is 11.1 Å². The molecular formula is C18H17BF2. The van der Waals surface area contributed by atoms with Crippen LogP contribution in [-0.4, -0.2) is 7.85 Å². The van der Waals surface area contributed by atoms with Crippen molar-refractivity contribution < 1.29 is 8.78 Å². The highest BCUT2D eigenvalue weighted by molar-refractivity contribution is 6.32. The average molecular weight is 282 g/mol. The second-order valence-electron chi connectivity index (χ2n) is 5.79. The maximum absolute atomic E-state index is 13.9. The Labute approximate surface area is 125 Å². The Morgan fingerprint density at radius 2 is 1.48 bits per heavy atom. The number of halogens is 2. The minimum atomic E-state index is -0.969. The molecule has 106 valence electrons. The average Bonchev–Trinajstić information content (AvgIpc) is 2.54. The van der Waals surface area contributed by atoms with Crippen LogP contribution in [0.3, 0.4) is 0 Å². The Morgan fingerprint density at radius 3 is 2.14 bits per heavy atom. The lowest BCUT2D eigenvalue weighted by molar-refractivity contribution is 0.443. The largest absolute Gasteiger partial charge is 0.204 e. The second kappa shape index (κ2) is 6.01. The smallest absolute Gasteiger partial charge is 0.166 e. The van der Waals surface area contributed by atoms with E-state index in [9.17, 15) is 8.78 Å². The van der Waals surface area contributed by atoms with E-state index in [1.807, 2.05) is 24.3 Å². The standard InChI is InChI=1S/C18H17BF2/c19-16-11-10-15(17(20)18(16)21)14-8-6-13(7-9-14)12-4-2-1-3-5-12/h6-12H,1-5H2. The van der Waals surface area contributed by atoms with E-state index >= 15 is 0 Å². The Kier molecular flexibility index (Phi) is 4.09. The molecule has 3 rings (SSSR count). The number of benzene rings is 2. The van der Waals surface area contributed by atoms with E-state index in [0.29, 0.717) is 11.5 Å². The molecule has 2 aromatic rings. The van der Waals surface area contributed by atoms with Gasteiger partial charge in [0.1, 0.15) is 7.85 Å². The highest BCUT2D eigenvalue weighted by Crippen LogP contribution is 2.33. The molecule has 0 saturated heterocycles. The van der Waals surface area contributed by atoms with Crippen LogP contribution in [0.4, 0.5) is 8.78 Å². The van der Waals surface area contributed by atoms with Crippen molar-refractivity contribution in [3.63, 3.8) is 0 Å². The molecule has 1 aliphatic rings. The molecule has 0 spiro atoms. The summed E-state index contributed by atoms with van der Waals surface area (Å²) in [6, 6.07) is 10.8. The molecule has 21 heavy (non-hydrogen) atoms. The first kappa shape index (κ1) is 14.3. The van der Waals surface area contributed by atoms with E-state index in [1.54, 1.807) is 0 Å². The Bertz CT molecular complexity index is 628. The lowest BCUT2D eigenvalue weighted by atomic mass is 9.83.